The van der Waals surface area contributed by atoms with Gasteiger partial charge < -0.3 is 5.73 Å². The summed E-state index contributed by atoms with van der Waals surface area (Å²) >= 11 is 0. The molecular formula is C12H12FN3O2S. The molecule has 19 heavy (non-hydrogen) atoms. The Kier molecular flexibility index (Phi) is 3.77. The Hall–Kier alpha value is -1.99. The van der Waals surface area contributed by atoms with Gasteiger partial charge in [0.25, 0.3) is 0 Å². The molecule has 0 aliphatic heterocycles. The molecule has 1 aromatic carbocycles. The monoisotopic (exact) mass is 281 g/mol. The summed E-state index contributed by atoms with van der Waals surface area (Å²) in [5.74, 6) is -0.876. The molecule has 0 fully saturated rings. The Bertz CT molecular complexity index is 654. The van der Waals surface area contributed by atoms with Crippen LogP contribution in [0, 0.1) is 5.82 Å². The summed E-state index contributed by atoms with van der Waals surface area (Å²) < 4.78 is 39.8. The molecule has 0 aliphatic rings. The van der Waals surface area contributed by atoms with Crippen LogP contribution in [0.15, 0.2) is 47.6 Å². The minimum atomic E-state index is -4.00. The first-order chi connectivity index (χ1) is 9.00. The third kappa shape index (κ3) is 3.07. The van der Waals surface area contributed by atoms with Gasteiger partial charge in [0.15, 0.2) is 0 Å². The largest absolute Gasteiger partial charge is 0.398 e. The highest BCUT2D eigenvalue weighted by molar-refractivity contribution is 7.89. The van der Waals surface area contributed by atoms with Crippen molar-refractivity contribution in [3.8, 4) is 0 Å². The summed E-state index contributed by atoms with van der Waals surface area (Å²) in [6.07, 6.45) is 3.10. The number of rotatable bonds is 4. The van der Waals surface area contributed by atoms with Crippen LogP contribution in [0.1, 0.15) is 5.56 Å². The van der Waals surface area contributed by atoms with Gasteiger partial charge in [-0.25, -0.2) is 17.5 Å². The quantitative estimate of drug-likeness (QED) is 0.827. The number of nitrogens with one attached hydrogen (secondary N) is 1. The molecule has 0 unspecified atom stereocenters. The number of anilines is 1. The number of nitrogens with zero attached hydrogens (tertiary/aromatic N) is 1. The number of hydrogen-bond donors (Lipinski definition) is 2. The van der Waals surface area contributed by atoms with E-state index in [2.05, 4.69) is 9.71 Å². The number of pyridine rings is 1. The standard InChI is InChI=1S/C12H12FN3O2S/c13-10-4-1-5-11(14)12(10)19(17,18)16-8-9-3-2-6-15-7-9/h1-7,16H,8,14H2. The third-order valence-electron chi connectivity index (χ3n) is 2.46. The van der Waals surface area contributed by atoms with Crippen LogP contribution in [0.5, 0.6) is 0 Å². The molecule has 0 atom stereocenters. The van der Waals surface area contributed by atoms with E-state index in [1.165, 1.54) is 18.3 Å². The second kappa shape index (κ2) is 5.33. The van der Waals surface area contributed by atoms with Gasteiger partial charge in [-0.2, -0.15) is 0 Å². The Labute approximate surface area is 110 Å². The second-order valence-electron chi connectivity index (χ2n) is 3.84. The molecule has 5 nitrogen and oxygen atoms in total. The van der Waals surface area contributed by atoms with Crippen LogP contribution in [0.2, 0.25) is 0 Å². The van der Waals surface area contributed by atoms with E-state index in [1.807, 2.05) is 0 Å². The predicted octanol–water partition coefficient (Wildman–Crippen LogP) is 1.28. The number of hydrogen-bond acceptors (Lipinski definition) is 4. The SMILES string of the molecule is Nc1cccc(F)c1S(=O)(=O)NCc1cccnc1. The molecule has 0 amide bonds. The number of benzene rings is 1. The fourth-order valence-electron chi connectivity index (χ4n) is 1.56. The van der Waals surface area contributed by atoms with Crippen LogP contribution in [0.4, 0.5) is 10.1 Å². The first-order valence-corrected chi connectivity index (χ1v) is 6.91. The summed E-state index contributed by atoms with van der Waals surface area (Å²) in [5, 5.41) is 0. The van der Waals surface area contributed by atoms with Crippen molar-refractivity contribution in [3.05, 3.63) is 54.1 Å². The van der Waals surface area contributed by atoms with Crippen LogP contribution >= 0.6 is 0 Å². The molecule has 1 aromatic heterocycles. The van der Waals surface area contributed by atoms with E-state index in [0.717, 1.165) is 6.07 Å². The molecular weight excluding hydrogens is 269 g/mol. The van der Waals surface area contributed by atoms with Gasteiger partial charge in [0.05, 0.1) is 5.69 Å². The maximum Gasteiger partial charge on any atom is 0.245 e. The van der Waals surface area contributed by atoms with E-state index in [1.54, 1.807) is 18.3 Å². The third-order valence-corrected chi connectivity index (χ3v) is 3.95. The van der Waals surface area contributed by atoms with Crippen molar-refractivity contribution in [1.82, 2.24) is 9.71 Å². The zero-order valence-corrected chi connectivity index (χ0v) is 10.7. The highest BCUT2D eigenvalue weighted by atomic mass is 32.2. The Morgan fingerprint density at radius 1 is 1.26 bits per heavy atom. The van der Waals surface area contributed by atoms with Crippen LogP contribution in [-0.4, -0.2) is 13.4 Å². The molecule has 2 rings (SSSR count). The minimum absolute atomic E-state index is 0.0178. The van der Waals surface area contributed by atoms with E-state index in [0.29, 0.717) is 5.56 Å². The van der Waals surface area contributed by atoms with Gasteiger partial charge in [-0.1, -0.05) is 12.1 Å². The summed E-state index contributed by atoms with van der Waals surface area (Å²) in [6, 6.07) is 7.13. The van der Waals surface area contributed by atoms with Gasteiger partial charge in [0.1, 0.15) is 10.7 Å². The van der Waals surface area contributed by atoms with Crippen molar-refractivity contribution < 1.29 is 12.8 Å². The lowest BCUT2D eigenvalue weighted by Gasteiger charge is -2.09. The van der Waals surface area contributed by atoms with E-state index in [9.17, 15) is 12.8 Å². The first-order valence-electron chi connectivity index (χ1n) is 5.43. The van der Waals surface area contributed by atoms with Gasteiger partial charge in [0.2, 0.25) is 10.0 Å². The van der Waals surface area contributed by atoms with Gasteiger partial charge in [-0.3, -0.25) is 4.98 Å². The highest BCUT2D eigenvalue weighted by Gasteiger charge is 2.21. The smallest absolute Gasteiger partial charge is 0.245 e. The molecule has 0 saturated heterocycles. The molecule has 0 radical (unpaired) electrons. The number of aromatic nitrogens is 1. The maximum atomic E-state index is 13.6. The number of nitrogen functional groups attached to an aromatic ring is 1. The van der Waals surface area contributed by atoms with Crippen LogP contribution in [0.3, 0.4) is 0 Å². The van der Waals surface area contributed by atoms with Crippen LogP contribution in [0.25, 0.3) is 0 Å². The molecule has 0 saturated carbocycles. The van der Waals surface area contributed by atoms with Crippen LogP contribution in [-0.2, 0) is 16.6 Å². The molecule has 0 aliphatic carbocycles. The zero-order chi connectivity index (χ0) is 13.9. The zero-order valence-electron chi connectivity index (χ0n) is 9.88. The maximum absolute atomic E-state index is 13.6. The lowest BCUT2D eigenvalue weighted by molar-refractivity contribution is 0.558. The summed E-state index contributed by atoms with van der Waals surface area (Å²) in [5.41, 5.74) is 6.05. The summed E-state index contributed by atoms with van der Waals surface area (Å²) in [6.45, 7) is 0.0178. The van der Waals surface area contributed by atoms with E-state index in [-0.39, 0.29) is 12.2 Å². The van der Waals surface area contributed by atoms with Crippen molar-refractivity contribution >= 4 is 15.7 Å². The van der Waals surface area contributed by atoms with Crippen molar-refractivity contribution in [1.29, 1.82) is 0 Å². The first kappa shape index (κ1) is 13.4. The molecule has 1 heterocycles. The van der Waals surface area contributed by atoms with E-state index >= 15 is 0 Å². The van der Waals surface area contributed by atoms with Crippen LogP contribution < -0.4 is 10.5 Å². The molecule has 0 bridgehead atoms. The number of sulfonamides is 1. The fraction of sp³-hybridized carbons (Fsp3) is 0.0833. The highest BCUT2D eigenvalue weighted by Crippen LogP contribution is 2.21. The second-order valence-corrected chi connectivity index (χ2v) is 5.55. The average molecular weight is 281 g/mol. The van der Waals surface area contributed by atoms with Gasteiger partial charge in [0, 0.05) is 18.9 Å². The van der Waals surface area contributed by atoms with Crippen molar-refractivity contribution in [2.24, 2.45) is 0 Å². The lowest BCUT2D eigenvalue weighted by Crippen LogP contribution is -2.25. The lowest BCUT2D eigenvalue weighted by atomic mass is 10.3. The van der Waals surface area contributed by atoms with Gasteiger partial charge in [-0.15, -0.1) is 0 Å². The fourth-order valence-corrected chi connectivity index (χ4v) is 2.77. The normalized spacial score (nSPS) is 11.4. The molecule has 100 valence electrons. The van der Waals surface area contributed by atoms with Gasteiger partial charge >= 0.3 is 0 Å². The molecule has 0 spiro atoms. The number of nitrogens with two attached hydrogens (primary N) is 1. The molecule has 2 aromatic rings. The van der Waals surface area contributed by atoms with E-state index in [4.69, 9.17) is 5.73 Å². The van der Waals surface area contributed by atoms with Crippen molar-refractivity contribution in [2.45, 2.75) is 11.4 Å². The average Bonchev–Trinajstić information content (AvgIpc) is 2.37. The topological polar surface area (TPSA) is 85.1 Å². The number of halogens is 1. The minimum Gasteiger partial charge on any atom is -0.398 e. The summed E-state index contributed by atoms with van der Waals surface area (Å²) in [4.78, 5) is 3.33. The van der Waals surface area contributed by atoms with Crippen molar-refractivity contribution in [2.75, 3.05) is 5.73 Å². The van der Waals surface area contributed by atoms with Crippen molar-refractivity contribution in [3.63, 3.8) is 0 Å². The molecule has 7 heteroatoms. The van der Waals surface area contributed by atoms with Gasteiger partial charge in [-0.05, 0) is 23.8 Å². The Morgan fingerprint density at radius 2 is 2.05 bits per heavy atom. The molecule has 3 N–H and O–H groups in total. The predicted molar refractivity (Wildman–Crippen MR) is 69.1 cm³/mol. The Morgan fingerprint density at radius 3 is 2.68 bits per heavy atom. The van der Waals surface area contributed by atoms with E-state index < -0.39 is 20.7 Å². The summed E-state index contributed by atoms with van der Waals surface area (Å²) in [7, 11) is -4.00. The Balaban J connectivity index is 2.24.